The van der Waals surface area contributed by atoms with Crippen molar-refractivity contribution >= 4 is 11.7 Å². The van der Waals surface area contributed by atoms with E-state index in [1.54, 1.807) is 4.52 Å². The van der Waals surface area contributed by atoms with Crippen LogP contribution >= 0.6 is 0 Å². The van der Waals surface area contributed by atoms with Crippen LogP contribution in [-0.2, 0) is 11.2 Å². The maximum absolute atomic E-state index is 13.0. The van der Waals surface area contributed by atoms with Gasteiger partial charge in [0.15, 0.2) is 5.82 Å². The summed E-state index contributed by atoms with van der Waals surface area (Å²) in [6.07, 6.45) is 5.54. The number of rotatable bonds is 4. The van der Waals surface area contributed by atoms with Crippen LogP contribution in [0.25, 0.3) is 5.78 Å². The first-order valence-electron chi connectivity index (χ1n) is 10.3. The maximum Gasteiger partial charge on any atom is 0.252 e. The maximum atomic E-state index is 13.0. The molecule has 2 atom stereocenters. The predicted octanol–water partition coefficient (Wildman–Crippen LogP) is 1.62. The lowest BCUT2D eigenvalue weighted by atomic mass is 9.95. The Morgan fingerprint density at radius 3 is 2.78 bits per heavy atom. The van der Waals surface area contributed by atoms with E-state index in [1.165, 1.54) is 38.8 Å². The summed E-state index contributed by atoms with van der Waals surface area (Å²) >= 11 is 0. The Balaban J connectivity index is 1.30. The number of amides is 1. The molecule has 2 aromatic rings. The van der Waals surface area contributed by atoms with Crippen LogP contribution in [0.4, 0.5) is 0 Å². The first kappa shape index (κ1) is 17.1. The molecule has 0 spiro atoms. The summed E-state index contributed by atoms with van der Waals surface area (Å²) in [7, 11) is 0. The Hall–Kier alpha value is -2.02. The van der Waals surface area contributed by atoms with E-state index in [0.717, 1.165) is 30.4 Å². The van der Waals surface area contributed by atoms with Crippen molar-refractivity contribution in [3.05, 3.63) is 23.3 Å². The number of carbonyl (C=O) groups is 1. The van der Waals surface area contributed by atoms with Gasteiger partial charge in [0.25, 0.3) is 5.78 Å². The van der Waals surface area contributed by atoms with Gasteiger partial charge in [0.05, 0.1) is 6.42 Å². The number of hydrogen-bond donors (Lipinski definition) is 0. The molecule has 5 heterocycles. The molecule has 1 amide bonds. The molecule has 2 aromatic heterocycles. The second-order valence-electron chi connectivity index (χ2n) is 8.75. The van der Waals surface area contributed by atoms with Crippen LogP contribution in [-0.4, -0.2) is 67.5 Å². The number of nitrogens with zero attached hydrogens (tertiary/aromatic N) is 6. The number of fused-ring (bicyclic) bond motifs is 5. The molecule has 0 aromatic carbocycles. The zero-order chi connectivity index (χ0) is 18.5. The van der Waals surface area contributed by atoms with Crippen LogP contribution in [0.3, 0.4) is 0 Å². The third-order valence-corrected chi connectivity index (χ3v) is 6.34. The number of aromatic nitrogens is 4. The molecule has 7 nitrogen and oxygen atoms in total. The van der Waals surface area contributed by atoms with Crippen molar-refractivity contribution in [2.24, 2.45) is 11.8 Å². The molecular formula is C20H28N6O. The van der Waals surface area contributed by atoms with Crippen molar-refractivity contribution in [2.75, 3.05) is 26.2 Å². The summed E-state index contributed by atoms with van der Waals surface area (Å²) < 4.78 is 1.74. The molecule has 4 fully saturated rings. The van der Waals surface area contributed by atoms with E-state index in [0.29, 0.717) is 23.6 Å². The second kappa shape index (κ2) is 6.55. The SMILES string of the molecule is Cc1cc(C)n2nc(CC(=O)N3C[C@H]4CC[C@@H](C3)N(CC3CC3)C4)nc2n1. The summed E-state index contributed by atoms with van der Waals surface area (Å²) in [5.74, 6) is 2.85. The topological polar surface area (TPSA) is 66.6 Å². The highest BCUT2D eigenvalue weighted by Gasteiger charge is 2.38. The van der Waals surface area contributed by atoms with Crippen LogP contribution in [0.2, 0.25) is 0 Å². The molecule has 2 bridgehead atoms. The van der Waals surface area contributed by atoms with E-state index in [9.17, 15) is 4.79 Å². The Bertz CT molecular complexity index is 873. The van der Waals surface area contributed by atoms with Gasteiger partial charge in [-0.1, -0.05) is 0 Å². The number of aryl methyl sites for hydroxylation is 2. The van der Waals surface area contributed by atoms with Gasteiger partial charge in [-0.25, -0.2) is 9.50 Å². The van der Waals surface area contributed by atoms with Gasteiger partial charge in [0.1, 0.15) is 0 Å². The van der Waals surface area contributed by atoms with E-state index >= 15 is 0 Å². The zero-order valence-corrected chi connectivity index (χ0v) is 16.3. The van der Waals surface area contributed by atoms with Crippen molar-refractivity contribution in [3.63, 3.8) is 0 Å². The Labute approximate surface area is 159 Å². The van der Waals surface area contributed by atoms with E-state index in [4.69, 9.17) is 0 Å². The Morgan fingerprint density at radius 2 is 1.96 bits per heavy atom. The number of piperidine rings is 1. The van der Waals surface area contributed by atoms with Gasteiger partial charge in [0, 0.05) is 43.6 Å². The fourth-order valence-electron chi connectivity index (χ4n) is 4.77. The largest absolute Gasteiger partial charge is 0.340 e. The van der Waals surface area contributed by atoms with Gasteiger partial charge in [-0.2, -0.15) is 4.98 Å². The van der Waals surface area contributed by atoms with Crippen molar-refractivity contribution < 1.29 is 4.79 Å². The fraction of sp³-hybridized carbons (Fsp3) is 0.700. The second-order valence-corrected chi connectivity index (χ2v) is 8.75. The fourth-order valence-corrected chi connectivity index (χ4v) is 4.77. The zero-order valence-electron chi connectivity index (χ0n) is 16.3. The lowest BCUT2D eigenvalue weighted by Gasteiger charge is -2.36. The molecule has 4 aliphatic rings. The molecule has 0 unspecified atom stereocenters. The number of carbonyl (C=O) groups excluding carboxylic acids is 1. The Kier molecular flexibility index (Phi) is 4.15. The first-order valence-corrected chi connectivity index (χ1v) is 10.3. The van der Waals surface area contributed by atoms with Crippen LogP contribution in [0.5, 0.6) is 0 Å². The molecule has 144 valence electrons. The van der Waals surface area contributed by atoms with Gasteiger partial charge in [-0.15, -0.1) is 5.10 Å². The summed E-state index contributed by atoms with van der Waals surface area (Å²) in [4.78, 5) is 26.7. The summed E-state index contributed by atoms with van der Waals surface area (Å²) in [6, 6.07) is 2.52. The minimum Gasteiger partial charge on any atom is -0.340 e. The van der Waals surface area contributed by atoms with Gasteiger partial charge >= 0.3 is 0 Å². The van der Waals surface area contributed by atoms with Crippen LogP contribution < -0.4 is 0 Å². The average molecular weight is 368 g/mol. The summed E-state index contributed by atoms with van der Waals surface area (Å²) in [5, 5.41) is 4.51. The molecule has 0 radical (unpaired) electrons. The standard InChI is InChI=1S/C20H28N6O/c1-13-7-14(2)26-20(21-13)22-18(23-26)8-19(27)25-11-16-5-6-17(12-25)24(10-16)9-15-3-4-15/h7,15-17H,3-6,8-12H2,1-2H3/t16-,17-/m0/s1. The lowest BCUT2D eigenvalue weighted by Crippen LogP contribution is -2.45. The normalized spacial score (nSPS) is 25.9. The molecule has 0 N–H and O–H groups in total. The van der Waals surface area contributed by atoms with E-state index in [2.05, 4.69) is 24.9 Å². The highest BCUT2D eigenvalue weighted by atomic mass is 16.2. The third-order valence-electron chi connectivity index (χ3n) is 6.34. The molecule has 7 heteroatoms. The average Bonchev–Trinajstić information content (AvgIpc) is 3.40. The van der Waals surface area contributed by atoms with Gasteiger partial charge in [0.2, 0.25) is 5.91 Å². The molecule has 3 saturated heterocycles. The van der Waals surface area contributed by atoms with Crippen LogP contribution in [0.15, 0.2) is 6.07 Å². The monoisotopic (exact) mass is 368 g/mol. The highest BCUT2D eigenvalue weighted by molar-refractivity contribution is 5.78. The quantitative estimate of drug-likeness (QED) is 0.820. The summed E-state index contributed by atoms with van der Waals surface area (Å²) in [6.45, 7) is 8.10. The van der Waals surface area contributed by atoms with E-state index in [-0.39, 0.29) is 12.3 Å². The molecule has 1 saturated carbocycles. The van der Waals surface area contributed by atoms with Crippen molar-refractivity contribution in [1.82, 2.24) is 29.4 Å². The molecule has 6 rings (SSSR count). The number of hydrogen-bond acceptors (Lipinski definition) is 5. The van der Waals surface area contributed by atoms with Crippen molar-refractivity contribution in [2.45, 2.75) is 52.0 Å². The van der Waals surface area contributed by atoms with Gasteiger partial charge in [-0.3, -0.25) is 9.69 Å². The van der Waals surface area contributed by atoms with E-state index in [1.807, 2.05) is 19.9 Å². The van der Waals surface area contributed by atoms with E-state index < -0.39 is 0 Å². The van der Waals surface area contributed by atoms with Crippen molar-refractivity contribution in [3.8, 4) is 0 Å². The molecule has 3 aliphatic heterocycles. The highest BCUT2D eigenvalue weighted by Crippen LogP contribution is 2.34. The summed E-state index contributed by atoms with van der Waals surface area (Å²) in [5.41, 5.74) is 1.91. The van der Waals surface area contributed by atoms with Crippen molar-refractivity contribution in [1.29, 1.82) is 0 Å². The van der Waals surface area contributed by atoms with Crippen LogP contribution in [0.1, 0.15) is 42.9 Å². The molecule has 27 heavy (non-hydrogen) atoms. The minimum absolute atomic E-state index is 0.158. The first-order chi connectivity index (χ1) is 13.0. The predicted molar refractivity (Wildman–Crippen MR) is 101 cm³/mol. The molecular weight excluding hydrogens is 340 g/mol. The third kappa shape index (κ3) is 3.45. The Morgan fingerprint density at radius 1 is 1.11 bits per heavy atom. The lowest BCUT2D eigenvalue weighted by molar-refractivity contribution is -0.131. The van der Waals surface area contributed by atoms with Gasteiger partial charge < -0.3 is 4.90 Å². The smallest absolute Gasteiger partial charge is 0.252 e. The minimum atomic E-state index is 0.158. The molecule has 1 aliphatic carbocycles. The van der Waals surface area contributed by atoms with Gasteiger partial charge in [-0.05, 0) is 57.4 Å². The van der Waals surface area contributed by atoms with Crippen LogP contribution in [0, 0.1) is 25.7 Å².